The Kier molecular flexibility index (Phi) is 5.73. The van der Waals surface area contributed by atoms with Gasteiger partial charge in [-0.2, -0.15) is 0 Å². The molecule has 0 saturated carbocycles. The van der Waals surface area contributed by atoms with E-state index in [1.165, 1.54) is 42.7 Å². The maximum Gasteiger partial charge on any atom is 0.337 e. The van der Waals surface area contributed by atoms with Gasteiger partial charge >= 0.3 is 5.97 Å². The number of nitrogens with one attached hydrogen (secondary N) is 1. The van der Waals surface area contributed by atoms with Gasteiger partial charge < -0.3 is 10.1 Å². The lowest BCUT2D eigenvalue weighted by atomic mass is 10.2. The van der Waals surface area contributed by atoms with E-state index in [1.54, 1.807) is 41.8 Å². The van der Waals surface area contributed by atoms with Crippen molar-refractivity contribution in [1.82, 2.24) is 4.98 Å². The van der Waals surface area contributed by atoms with Crippen molar-refractivity contribution in [2.75, 3.05) is 12.4 Å². The number of halogens is 1. The van der Waals surface area contributed by atoms with Crippen molar-refractivity contribution in [3.63, 3.8) is 0 Å². The summed E-state index contributed by atoms with van der Waals surface area (Å²) in [5.74, 6) is -1.13. The smallest absolute Gasteiger partial charge is 0.337 e. The number of aromatic nitrogens is 1. The number of hydrogen-bond acceptors (Lipinski definition) is 5. The number of rotatable bonds is 5. The zero-order chi connectivity index (χ0) is 19.2. The van der Waals surface area contributed by atoms with Crippen LogP contribution >= 0.6 is 11.3 Å². The molecular formula is C20H15FN2O3S. The summed E-state index contributed by atoms with van der Waals surface area (Å²) >= 11 is 1.40. The molecular weight excluding hydrogens is 367 g/mol. The number of hydrogen-bond donors (Lipinski definition) is 1. The summed E-state index contributed by atoms with van der Waals surface area (Å²) in [6.07, 6.45) is 2.94. The molecule has 0 aliphatic rings. The van der Waals surface area contributed by atoms with Gasteiger partial charge in [-0.25, -0.2) is 14.2 Å². The van der Waals surface area contributed by atoms with Crippen molar-refractivity contribution in [1.29, 1.82) is 0 Å². The Morgan fingerprint density at radius 2 is 1.96 bits per heavy atom. The summed E-state index contributed by atoms with van der Waals surface area (Å²) in [6, 6.07) is 12.5. The molecule has 1 N–H and O–H groups in total. The van der Waals surface area contributed by atoms with Gasteiger partial charge in [-0.3, -0.25) is 4.79 Å². The van der Waals surface area contributed by atoms with Crippen molar-refractivity contribution in [3.8, 4) is 10.6 Å². The Morgan fingerprint density at radius 1 is 1.19 bits per heavy atom. The van der Waals surface area contributed by atoms with Crippen LogP contribution in [0.15, 0.2) is 60.0 Å². The minimum absolute atomic E-state index is 0.302. The number of carbonyl (C=O) groups is 2. The van der Waals surface area contributed by atoms with E-state index in [2.05, 4.69) is 15.0 Å². The van der Waals surface area contributed by atoms with Crippen molar-refractivity contribution in [2.24, 2.45) is 0 Å². The van der Waals surface area contributed by atoms with E-state index in [0.717, 1.165) is 10.6 Å². The van der Waals surface area contributed by atoms with Crippen LogP contribution in [0.3, 0.4) is 0 Å². The third kappa shape index (κ3) is 4.86. The number of benzene rings is 2. The summed E-state index contributed by atoms with van der Waals surface area (Å²) in [5, 5.41) is 5.22. The van der Waals surface area contributed by atoms with Crippen LogP contribution in [0.25, 0.3) is 16.6 Å². The Morgan fingerprint density at radius 3 is 2.70 bits per heavy atom. The van der Waals surface area contributed by atoms with E-state index in [-0.39, 0.29) is 11.7 Å². The number of carbonyl (C=O) groups excluding carboxylic acids is 2. The lowest BCUT2D eigenvalue weighted by molar-refractivity contribution is -0.111. The van der Waals surface area contributed by atoms with E-state index < -0.39 is 5.97 Å². The highest BCUT2D eigenvalue weighted by Crippen LogP contribution is 2.24. The molecule has 5 nitrogen and oxygen atoms in total. The molecule has 7 heteroatoms. The zero-order valence-electron chi connectivity index (χ0n) is 14.3. The van der Waals surface area contributed by atoms with Crippen molar-refractivity contribution in [3.05, 3.63) is 77.1 Å². The Hall–Kier alpha value is -3.32. The van der Waals surface area contributed by atoms with Crippen LogP contribution in [-0.2, 0) is 9.53 Å². The maximum atomic E-state index is 13.0. The molecule has 0 bridgehead atoms. The van der Waals surface area contributed by atoms with E-state index in [0.29, 0.717) is 16.9 Å². The molecule has 3 aromatic rings. The van der Waals surface area contributed by atoms with Gasteiger partial charge in [-0.15, -0.1) is 11.3 Å². The van der Waals surface area contributed by atoms with Gasteiger partial charge in [0, 0.05) is 22.7 Å². The third-order valence-corrected chi connectivity index (χ3v) is 4.48. The van der Waals surface area contributed by atoms with Crippen LogP contribution in [0.4, 0.5) is 10.1 Å². The average Bonchev–Trinajstić information content (AvgIpc) is 3.15. The molecule has 1 heterocycles. The monoisotopic (exact) mass is 382 g/mol. The number of anilines is 1. The normalized spacial score (nSPS) is 10.7. The predicted molar refractivity (Wildman–Crippen MR) is 103 cm³/mol. The number of amides is 1. The van der Waals surface area contributed by atoms with Crippen LogP contribution in [0, 0.1) is 5.82 Å². The zero-order valence-corrected chi connectivity index (χ0v) is 15.1. The molecule has 0 radical (unpaired) electrons. The second kappa shape index (κ2) is 8.37. The first-order valence-corrected chi connectivity index (χ1v) is 8.82. The van der Waals surface area contributed by atoms with Gasteiger partial charge in [0.15, 0.2) is 0 Å². The molecule has 0 aliphatic carbocycles. The Balaban J connectivity index is 1.65. The maximum absolute atomic E-state index is 13.0. The molecule has 0 fully saturated rings. The molecule has 0 aliphatic heterocycles. The van der Waals surface area contributed by atoms with Gasteiger partial charge in [-0.1, -0.05) is 6.07 Å². The number of nitrogens with zero attached hydrogens (tertiary/aromatic N) is 1. The highest BCUT2D eigenvalue weighted by atomic mass is 32.1. The van der Waals surface area contributed by atoms with E-state index in [4.69, 9.17) is 0 Å². The molecule has 27 heavy (non-hydrogen) atoms. The molecule has 1 aromatic heterocycles. The third-order valence-electron chi connectivity index (χ3n) is 3.57. The summed E-state index contributed by atoms with van der Waals surface area (Å²) in [4.78, 5) is 28.0. The first-order valence-electron chi connectivity index (χ1n) is 7.94. The molecule has 0 saturated heterocycles. The van der Waals surface area contributed by atoms with E-state index in [1.807, 2.05) is 0 Å². The highest BCUT2D eigenvalue weighted by molar-refractivity contribution is 7.13. The molecule has 0 spiro atoms. The summed E-state index contributed by atoms with van der Waals surface area (Å²) in [5.41, 5.74) is 2.27. The minimum Gasteiger partial charge on any atom is -0.465 e. The first-order chi connectivity index (χ1) is 13.0. The second-order valence-corrected chi connectivity index (χ2v) is 6.34. The van der Waals surface area contributed by atoms with Crippen LogP contribution in [-0.4, -0.2) is 24.0 Å². The van der Waals surface area contributed by atoms with Gasteiger partial charge in [-0.05, 0) is 48.5 Å². The van der Waals surface area contributed by atoms with Crippen molar-refractivity contribution in [2.45, 2.75) is 0 Å². The van der Waals surface area contributed by atoms with Crippen LogP contribution in [0.1, 0.15) is 16.1 Å². The van der Waals surface area contributed by atoms with Crippen LogP contribution in [0.2, 0.25) is 0 Å². The van der Waals surface area contributed by atoms with E-state index >= 15 is 0 Å². The number of methoxy groups -OCH3 is 1. The molecule has 0 unspecified atom stereocenters. The summed E-state index contributed by atoms with van der Waals surface area (Å²) < 4.78 is 17.6. The fourth-order valence-corrected chi connectivity index (χ4v) is 3.07. The Labute approximate surface area is 159 Å². The van der Waals surface area contributed by atoms with Gasteiger partial charge in [0.2, 0.25) is 5.91 Å². The van der Waals surface area contributed by atoms with E-state index in [9.17, 15) is 14.0 Å². The number of esters is 1. The fraction of sp³-hybridized carbons (Fsp3) is 0.0500. The Bertz CT molecular complexity index is 996. The highest BCUT2D eigenvalue weighted by Gasteiger charge is 2.07. The SMILES string of the molecule is COC(=O)c1cccc(NC(=O)/C=C/c2csc(-c3ccc(F)cc3)n2)c1. The lowest BCUT2D eigenvalue weighted by Crippen LogP contribution is -2.09. The first kappa shape index (κ1) is 18.5. The number of ether oxygens (including phenoxy) is 1. The molecule has 3 rings (SSSR count). The quantitative estimate of drug-likeness (QED) is 0.525. The molecule has 2 aromatic carbocycles. The largest absolute Gasteiger partial charge is 0.465 e. The molecule has 136 valence electrons. The van der Waals surface area contributed by atoms with Gasteiger partial charge in [0.05, 0.1) is 18.4 Å². The minimum atomic E-state index is -0.475. The van der Waals surface area contributed by atoms with Crippen molar-refractivity contribution < 1.29 is 18.7 Å². The second-order valence-electron chi connectivity index (χ2n) is 5.48. The van der Waals surface area contributed by atoms with Crippen LogP contribution < -0.4 is 5.32 Å². The fourth-order valence-electron chi connectivity index (χ4n) is 2.27. The topological polar surface area (TPSA) is 68.3 Å². The van der Waals surface area contributed by atoms with Gasteiger partial charge in [0.25, 0.3) is 0 Å². The number of thiazole rings is 1. The molecule has 0 atom stereocenters. The summed E-state index contributed by atoms with van der Waals surface area (Å²) in [7, 11) is 1.30. The predicted octanol–water partition coefficient (Wildman–Crippen LogP) is 4.39. The molecule has 1 amide bonds. The lowest BCUT2D eigenvalue weighted by Gasteiger charge is -2.04. The van der Waals surface area contributed by atoms with Crippen molar-refractivity contribution >= 4 is 35.0 Å². The summed E-state index contributed by atoms with van der Waals surface area (Å²) in [6.45, 7) is 0. The standard InChI is InChI=1S/C20H15FN2O3S/c1-26-20(25)14-3-2-4-16(11-14)22-18(24)10-9-17-12-27-19(23-17)13-5-7-15(21)8-6-13/h2-12H,1H3,(H,22,24)/b10-9+. The van der Waals surface area contributed by atoms with Gasteiger partial charge in [0.1, 0.15) is 10.8 Å². The average molecular weight is 382 g/mol. The van der Waals surface area contributed by atoms with Crippen LogP contribution in [0.5, 0.6) is 0 Å².